The molecule has 0 N–H and O–H groups in total. The van der Waals surface area contributed by atoms with Gasteiger partial charge in [0.2, 0.25) is 0 Å². The topological polar surface area (TPSA) is 43.4 Å². The van der Waals surface area contributed by atoms with E-state index in [4.69, 9.17) is 0 Å². The molecule has 4 aliphatic rings. The van der Waals surface area contributed by atoms with Gasteiger partial charge in [0.1, 0.15) is 0 Å². The standard InChI is InChI=1S/C20H20O3S/c1-3-11-6-12-8-20(12)9-15(20)17(11)18-13(4-5-24-18)10(2)14-7-16(21)23-19(14)22/h4-5,7,11-12,15H,3,6,8-9H2,1-2H3/b13-10-,18-17+/t11-,12?,15-,20?/m1/s1. The molecule has 124 valence electrons. The maximum absolute atomic E-state index is 11.9. The molecule has 2 unspecified atom stereocenters. The molecule has 0 amide bonds. The quantitative estimate of drug-likeness (QED) is 0.614. The summed E-state index contributed by atoms with van der Waals surface area (Å²) in [6.07, 6.45) is 6.65. The number of carbonyl (C=O) groups excluding carboxylic acids is 2. The van der Waals surface area contributed by atoms with Crippen molar-refractivity contribution in [2.24, 2.45) is 23.2 Å². The molecule has 5 rings (SSSR count). The molecule has 0 saturated heterocycles. The fraction of sp³-hybridized carbons (Fsp3) is 0.500. The van der Waals surface area contributed by atoms with Crippen LogP contribution in [-0.2, 0) is 14.3 Å². The van der Waals surface area contributed by atoms with Crippen LogP contribution in [0.2, 0.25) is 0 Å². The van der Waals surface area contributed by atoms with E-state index < -0.39 is 11.9 Å². The largest absolute Gasteiger partial charge is 0.386 e. The molecule has 3 fully saturated rings. The third-order valence-corrected chi connectivity index (χ3v) is 7.65. The van der Waals surface area contributed by atoms with Crippen molar-refractivity contribution < 1.29 is 14.3 Å². The van der Waals surface area contributed by atoms with Crippen molar-refractivity contribution in [3.05, 3.63) is 32.8 Å². The Kier molecular flexibility index (Phi) is 2.86. The Labute approximate surface area is 144 Å². The molecule has 4 heteroatoms. The summed E-state index contributed by atoms with van der Waals surface area (Å²) in [5.41, 5.74) is 3.57. The first-order chi connectivity index (χ1) is 11.5. The summed E-state index contributed by atoms with van der Waals surface area (Å²) in [6, 6.07) is 2.10. The van der Waals surface area contributed by atoms with Crippen LogP contribution in [0.4, 0.5) is 0 Å². The smallest absolute Gasteiger partial charge is 0.346 e. The third-order valence-electron chi connectivity index (χ3n) is 6.69. The highest BCUT2D eigenvalue weighted by atomic mass is 32.1. The molecule has 0 radical (unpaired) electrons. The van der Waals surface area contributed by atoms with Gasteiger partial charge in [-0.3, -0.25) is 0 Å². The minimum absolute atomic E-state index is 0.416. The first-order valence-electron chi connectivity index (χ1n) is 8.82. The zero-order valence-electron chi connectivity index (χ0n) is 13.9. The van der Waals surface area contributed by atoms with Crippen LogP contribution in [0.1, 0.15) is 39.5 Å². The number of thiophene rings is 1. The predicted molar refractivity (Wildman–Crippen MR) is 92.3 cm³/mol. The van der Waals surface area contributed by atoms with Crippen LogP contribution >= 0.6 is 11.3 Å². The van der Waals surface area contributed by atoms with E-state index in [1.54, 1.807) is 16.9 Å². The first-order valence-corrected chi connectivity index (χ1v) is 9.70. The van der Waals surface area contributed by atoms with Gasteiger partial charge in [-0.05, 0) is 83.6 Å². The zero-order chi connectivity index (χ0) is 16.6. The molecule has 1 aromatic heterocycles. The highest BCUT2D eigenvalue weighted by Gasteiger charge is 2.73. The van der Waals surface area contributed by atoms with Crippen molar-refractivity contribution >= 4 is 34.4 Å². The highest BCUT2D eigenvalue weighted by Crippen LogP contribution is 2.81. The van der Waals surface area contributed by atoms with Gasteiger partial charge in [-0.25, -0.2) is 9.59 Å². The molecule has 0 aromatic carbocycles. The SMILES string of the molecule is CC[C@@H]1CC2CC23C[C@@H]3/C1=c1/scc/c1=C(\C)C1=CC(=O)OC1=O. The molecule has 1 aliphatic heterocycles. The fourth-order valence-corrected chi connectivity index (χ4v) is 6.34. The molecule has 24 heavy (non-hydrogen) atoms. The lowest BCUT2D eigenvalue weighted by Crippen LogP contribution is -2.29. The molecule has 3 nitrogen and oxygen atoms in total. The normalized spacial score (nSPS) is 39.8. The predicted octanol–water partition coefficient (Wildman–Crippen LogP) is 2.54. The monoisotopic (exact) mass is 340 g/mol. The van der Waals surface area contributed by atoms with Gasteiger partial charge in [0.25, 0.3) is 0 Å². The summed E-state index contributed by atoms with van der Waals surface area (Å²) in [4.78, 5) is 23.3. The van der Waals surface area contributed by atoms with Crippen molar-refractivity contribution in [1.82, 2.24) is 0 Å². The zero-order valence-corrected chi connectivity index (χ0v) is 14.7. The molecule has 2 heterocycles. The number of cyclic esters (lactones) is 2. The maximum Gasteiger partial charge on any atom is 0.346 e. The summed E-state index contributed by atoms with van der Waals surface area (Å²) >= 11 is 1.79. The summed E-state index contributed by atoms with van der Waals surface area (Å²) in [5.74, 6) is 1.34. The molecule has 4 atom stereocenters. The average molecular weight is 340 g/mol. The van der Waals surface area contributed by atoms with Crippen molar-refractivity contribution in [1.29, 1.82) is 0 Å². The molecule has 3 aliphatic carbocycles. The van der Waals surface area contributed by atoms with Crippen LogP contribution in [0.25, 0.3) is 11.1 Å². The second kappa shape index (κ2) is 4.69. The molecular formula is C20H20O3S. The van der Waals surface area contributed by atoms with Crippen molar-refractivity contribution in [2.75, 3.05) is 0 Å². The van der Waals surface area contributed by atoms with Gasteiger partial charge in [-0.1, -0.05) is 6.92 Å². The Morgan fingerprint density at radius 1 is 1.38 bits per heavy atom. The summed E-state index contributed by atoms with van der Waals surface area (Å²) < 4.78 is 6.02. The number of hydrogen-bond acceptors (Lipinski definition) is 4. The van der Waals surface area contributed by atoms with Gasteiger partial charge >= 0.3 is 11.9 Å². The van der Waals surface area contributed by atoms with Crippen molar-refractivity contribution in [3.63, 3.8) is 0 Å². The van der Waals surface area contributed by atoms with Crippen LogP contribution in [0.15, 0.2) is 23.1 Å². The van der Waals surface area contributed by atoms with E-state index in [1.165, 1.54) is 36.3 Å². The number of hydrogen-bond donors (Lipinski definition) is 0. The third kappa shape index (κ3) is 1.83. The van der Waals surface area contributed by atoms with E-state index in [-0.39, 0.29) is 0 Å². The lowest BCUT2D eigenvalue weighted by Gasteiger charge is -2.23. The van der Waals surface area contributed by atoms with E-state index in [0.717, 1.165) is 22.6 Å². The summed E-state index contributed by atoms with van der Waals surface area (Å²) in [7, 11) is 0. The summed E-state index contributed by atoms with van der Waals surface area (Å²) in [5, 5.41) is 3.23. The Morgan fingerprint density at radius 2 is 2.21 bits per heavy atom. The van der Waals surface area contributed by atoms with E-state index in [2.05, 4.69) is 23.1 Å². The van der Waals surface area contributed by atoms with Gasteiger partial charge < -0.3 is 4.74 Å². The van der Waals surface area contributed by atoms with Crippen LogP contribution < -0.4 is 9.75 Å². The lowest BCUT2D eigenvalue weighted by atomic mass is 9.82. The number of rotatable bonds is 2. The van der Waals surface area contributed by atoms with E-state index in [0.29, 0.717) is 16.9 Å². The molecule has 3 saturated carbocycles. The van der Waals surface area contributed by atoms with E-state index >= 15 is 0 Å². The minimum atomic E-state index is -0.551. The maximum atomic E-state index is 11.9. The van der Waals surface area contributed by atoms with E-state index in [9.17, 15) is 9.59 Å². The second-order valence-corrected chi connectivity index (χ2v) is 8.66. The number of ether oxygens (including phenoxy) is 1. The minimum Gasteiger partial charge on any atom is -0.386 e. The fourth-order valence-electron chi connectivity index (χ4n) is 5.21. The Balaban J connectivity index is 1.73. The van der Waals surface area contributed by atoms with Crippen LogP contribution in [0.3, 0.4) is 0 Å². The van der Waals surface area contributed by atoms with Crippen LogP contribution in [0, 0.1) is 23.2 Å². The van der Waals surface area contributed by atoms with Gasteiger partial charge in [0, 0.05) is 10.6 Å². The molecule has 1 aromatic rings. The van der Waals surface area contributed by atoms with Gasteiger partial charge in [0.15, 0.2) is 0 Å². The Hall–Kier alpha value is -1.68. The molecular weight excluding hydrogens is 320 g/mol. The van der Waals surface area contributed by atoms with Crippen molar-refractivity contribution in [3.8, 4) is 0 Å². The van der Waals surface area contributed by atoms with Crippen LogP contribution in [-0.4, -0.2) is 11.9 Å². The Bertz CT molecular complexity index is 934. The average Bonchev–Trinajstić information content (AvgIpc) is 3.33. The van der Waals surface area contributed by atoms with Gasteiger partial charge in [-0.2, -0.15) is 0 Å². The van der Waals surface area contributed by atoms with Crippen LogP contribution in [0.5, 0.6) is 0 Å². The van der Waals surface area contributed by atoms with E-state index in [1.807, 2.05) is 6.92 Å². The highest BCUT2D eigenvalue weighted by molar-refractivity contribution is 7.07. The van der Waals surface area contributed by atoms with Crippen molar-refractivity contribution in [2.45, 2.75) is 39.5 Å². The Morgan fingerprint density at radius 3 is 2.92 bits per heavy atom. The molecule has 0 bridgehead atoms. The molecule has 1 spiro atoms. The second-order valence-electron chi connectivity index (χ2n) is 7.74. The van der Waals surface area contributed by atoms with Gasteiger partial charge in [0.05, 0.1) is 5.57 Å². The first kappa shape index (κ1) is 14.6. The number of carbonyl (C=O) groups is 2. The lowest BCUT2D eigenvalue weighted by molar-refractivity contribution is -0.150. The van der Waals surface area contributed by atoms with Gasteiger partial charge in [-0.15, -0.1) is 11.3 Å². The summed E-state index contributed by atoms with van der Waals surface area (Å²) in [6.45, 7) is 4.23. The number of esters is 2.